The number of aliphatic imine (C=N–C) groups is 1. The first-order valence-electron chi connectivity index (χ1n) is 5.98. The Labute approximate surface area is 116 Å². The van der Waals surface area contributed by atoms with Crippen LogP contribution in [0.25, 0.3) is 0 Å². The molecule has 5 heteroatoms. The van der Waals surface area contributed by atoms with E-state index in [-0.39, 0.29) is 0 Å². The van der Waals surface area contributed by atoms with Crippen LogP contribution in [0.5, 0.6) is 0 Å². The first kappa shape index (κ1) is 12.1. The Kier molecular flexibility index (Phi) is 2.75. The fourth-order valence-corrected chi connectivity index (χ4v) is 2.43. The van der Waals surface area contributed by atoms with E-state index in [2.05, 4.69) is 40.1 Å². The molecule has 2 heterocycles. The second kappa shape index (κ2) is 4.31. The second-order valence-electron chi connectivity index (χ2n) is 4.61. The van der Waals surface area contributed by atoms with Gasteiger partial charge < -0.3 is 4.90 Å². The molecule has 0 radical (unpaired) electrons. The van der Waals surface area contributed by atoms with Gasteiger partial charge in [0.05, 0.1) is 5.69 Å². The zero-order valence-electron chi connectivity index (χ0n) is 11.0. The van der Waals surface area contributed by atoms with Gasteiger partial charge in [-0.2, -0.15) is 0 Å². The third kappa shape index (κ3) is 1.88. The summed E-state index contributed by atoms with van der Waals surface area (Å²) >= 11 is 6.13. The topological polar surface area (TPSA) is 41.4 Å². The molecule has 0 saturated carbocycles. The van der Waals surface area contributed by atoms with Crippen LogP contribution in [0.3, 0.4) is 0 Å². The molecule has 1 aromatic carbocycles. The highest BCUT2D eigenvalue weighted by Gasteiger charge is 2.21. The van der Waals surface area contributed by atoms with E-state index in [0.717, 1.165) is 22.8 Å². The Balaban J connectivity index is 2.34. The highest BCUT2D eigenvalue weighted by atomic mass is 35.5. The van der Waals surface area contributed by atoms with Crippen LogP contribution in [0, 0.1) is 6.92 Å². The monoisotopic (exact) mass is 272 g/mol. The molecule has 1 aliphatic rings. The summed E-state index contributed by atoms with van der Waals surface area (Å²) < 4.78 is 0. The van der Waals surface area contributed by atoms with Crippen LogP contribution in [-0.2, 0) is 0 Å². The highest BCUT2D eigenvalue weighted by Crippen LogP contribution is 2.39. The maximum Gasteiger partial charge on any atom is 0.163 e. The van der Waals surface area contributed by atoms with E-state index in [1.165, 1.54) is 11.9 Å². The van der Waals surface area contributed by atoms with Gasteiger partial charge in [0.1, 0.15) is 12.0 Å². The van der Waals surface area contributed by atoms with E-state index in [1.54, 1.807) is 0 Å². The van der Waals surface area contributed by atoms with Crippen LogP contribution in [-0.4, -0.2) is 22.7 Å². The van der Waals surface area contributed by atoms with E-state index < -0.39 is 0 Å². The van der Waals surface area contributed by atoms with Crippen molar-refractivity contribution in [1.82, 2.24) is 9.97 Å². The summed E-state index contributed by atoms with van der Waals surface area (Å²) in [6.45, 7) is 4.04. The van der Waals surface area contributed by atoms with Crippen molar-refractivity contribution in [3.8, 4) is 0 Å². The number of rotatable bonds is 0. The number of anilines is 2. The highest BCUT2D eigenvalue weighted by molar-refractivity contribution is 6.32. The van der Waals surface area contributed by atoms with E-state index >= 15 is 0 Å². The van der Waals surface area contributed by atoms with Gasteiger partial charge in [-0.15, -0.1) is 0 Å². The van der Waals surface area contributed by atoms with Crippen molar-refractivity contribution >= 4 is 34.5 Å². The predicted molar refractivity (Wildman–Crippen MR) is 78.2 cm³/mol. The second-order valence-corrected chi connectivity index (χ2v) is 4.97. The summed E-state index contributed by atoms with van der Waals surface area (Å²) in [6.07, 6.45) is 1.46. The summed E-state index contributed by atoms with van der Waals surface area (Å²) in [5.41, 5.74) is 4.90. The largest absolute Gasteiger partial charge is 0.327 e. The Morgan fingerprint density at radius 1 is 1.16 bits per heavy atom. The molecule has 0 atom stereocenters. The molecule has 0 bridgehead atoms. The minimum atomic E-state index is 0.376. The molecule has 19 heavy (non-hydrogen) atoms. The zero-order chi connectivity index (χ0) is 13.6. The number of halogens is 1. The fraction of sp³-hybridized carbons (Fsp3) is 0.214. The Hall–Kier alpha value is -1.94. The lowest BCUT2D eigenvalue weighted by Gasteiger charge is -2.20. The lowest BCUT2D eigenvalue weighted by atomic mass is 10.1. The molecule has 3 rings (SSSR count). The summed E-state index contributed by atoms with van der Waals surface area (Å²) in [4.78, 5) is 14.9. The molecule has 0 spiro atoms. The maximum absolute atomic E-state index is 6.13. The number of nitrogens with zero attached hydrogens (tertiary/aromatic N) is 4. The molecule has 0 unspecified atom stereocenters. The molecule has 4 nitrogen and oxygen atoms in total. The van der Waals surface area contributed by atoms with Crippen molar-refractivity contribution in [2.45, 2.75) is 13.8 Å². The van der Waals surface area contributed by atoms with Crippen LogP contribution in [0.15, 0.2) is 29.5 Å². The predicted octanol–water partition coefficient (Wildman–Crippen LogP) is 3.66. The van der Waals surface area contributed by atoms with Crippen LogP contribution < -0.4 is 4.90 Å². The van der Waals surface area contributed by atoms with Gasteiger partial charge in [0.15, 0.2) is 11.0 Å². The van der Waals surface area contributed by atoms with E-state index in [0.29, 0.717) is 10.8 Å². The fourth-order valence-electron chi connectivity index (χ4n) is 2.26. The average molecular weight is 273 g/mol. The molecule has 0 N–H and O–H groups in total. The van der Waals surface area contributed by atoms with Crippen LogP contribution >= 0.6 is 11.6 Å². The molecule has 0 fully saturated rings. The van der Waals surface area contributed by atoms with E-state index in [9.17, 15) is 0 Å². The van der Waals surface area contributed by atoms with Gasteiger partial charge in [0.2, 0.25) is 0 Å². The molecule has 96 valence electrons. The number of aromatic nitrogens is 2. The minimum absolute atomic E-state index is 0.376. The standard InChI is InChI=1S/C14H13ClN4/c1-8-4-5-11-10(6-8)9(2)18-12-13(15)16-7-17-14(12)19(11)3/h4-7H,1-3H3. The van der Waals surface area contributed by atoms with Crippen molar-refractivity contribution in [1.29, 1.82) is 0 Å². The van der Waals surface area contributed by atoms with Gasteiger partial charge in [0, 0.05) is 18.3 Å². The SMILES string of the molecule is CC1=Nc2c(Cl)ncnc2N(C)c2ccc(C)cc21. The Bertz CT molecular complexity index is 694. The molecule has 1 aromatic heterocycles. The number of fused-ring (bicyclic) bond motifs is 2. The quantitative estimate of drug-likeness (QED) is 0.687. The van der Waals surface area contributed by atoms with Gasteiger partial charge in [-0.25, -0.2) is 15.0 Å². The third-order valence-electron chi connectivity index (χ3n) is 3.26. The van der Waals surface area contributed by atoms with E-state index in [4.69, 9.17) is 11.6 Å². The maximum atomic E-state index is 6.13. The van der Waals surface area contributed by atoms with Crippen LogP contribution in [0.4, 0.5) is 17.2 Å². The Morgan fingerprint density at radius 3 is 2.74 bits per heavy atom. The number of hydrogen-bond donors (Lipinski definition) is 0. The number of hydrogen-bond acceptors (Lipinski definition) is 4. The van der Waals surface area contributed by atoms with Crippen molar-refractivity contribution in [2.75, 3.05) is 11.9 Å². The summed E-state index contributed by atoms with van der Waals surface area (Å²) in [6, 6.07) is 6.28. The molecule has 0 saturated heterocycles. The summed E-state index contributed by atoms with van der Waals surface area (Å²) in [5.74, 6) is 0.724. The number of aryl methyl sites for hydroxylation is 1. The van der Waals surface area contributed by atoms with Crippen LogP contribution in [0.1, 0.15) is 18.1 Å². The molecule has 0 aliphatic carbocycles. The van der Waals surface area contributed by atoms with Gasteiger partial charge in [-0.05, 0) is 26.0 Å². The molecule has 1 aliphatic heterocycles. The lowest BCUT2D eigenvalue weighted by Crippen LogP contribution is -2.13. The van der Waals surface area contributed by atoms with Crippen molar-refractivity contribution in [2.24, 2.45) is 4.99 Å². The van der Waals surface area contributed by atoms with E-state index in [1.807, 2.05) is 18.9 Å². The summed E-state index contributed by atoms with van der Waals surface area (Å²) in [7, 11) is 1.96. The van der Waals surface area contributed by atoms with Gasteiger partial charge in [-0.3, -0.25) is 0 Å². The van der Waals surface area contributed by atoms with Crippen molar-refractivity contribution < 1.29 is 0 Å². The average Bonchev–Trinajstić information content (AvgIpc) is 2.49. The summed E-state index contributed by atoms with van der Waals surface area (Å²) in [5, 5.41) is 0.376. The van der Waals surface area contributed by atoms with Crippen molar-refractivity contribution in [3.05, 3.63) is 40.8 Å². The molecular formula is C14H13ClN4. The molecular weight excluding hydrogens is 260 g/mol. The van der Waals surface area contributed by atoms with Crippen molar-refractivity contribution in [3.63, 3.8) is 0 Å². The molecule has 2 aromatic rings. The Morgan fingerprint density at radius 2 is 1.95 bits per heavy atom. The first-order valence-corrected chi connectivity index (χ1v) is 6.36. The minimum Gasteiger partial charge on any atom is -0.327 e. The van der Waals surface area contributed by atoms with Crippen LogP contribution in [0.2, 0.25) is 5.15 Å². The van der Waals surface area contributed by atoms with Gasteiger partial charge in [0.25, 0.3) is 0 Å². The van der Waals surface area contributed by atoms with Gasteiger partial charge in [-0.1, -0.05) is 23.2 Å². The smallest absolute Gasteiger partial charge is 0.163 e. The third-order valence-corrected chi connectivity index (χ3v) is 3.54. The number of benzene rings is 1. The normalized spacial score (nSPS) is 13.5. The zero-order valence-corrected chi connectivity index (χ0v) is 11.7. The molecule has 0 amide bonds. The lowest BCUT2D eigenvalue weighted by molar-refractivity contribution is 1.08. The van der Waals surface area contributed by atoms with Gasteiger partial charge >= 0.3 is 0 Å². The first-order chi connectivity index (χ1) is 9.08.